The highest BCUT2D eigenvalue weighted by atomic mass is 35.5. The third kappa shape index (κ3) is 4.92. The van der Waals surface area contributed by atoms with Crippen molar-refractivity contribution in [1.29, 1.82) is 0 Å². The first-order chi connectivity index (χ1) is 11.9. The molecule has 4 nitrogen and oxygen atoms in total. The van der Waals surface area contributed by atoms with Crippen molar-refractivity contribution in [3.63, 3.8) is 0 Å². The largest absolute Gasteiger partial charge is 0.444 e. The van der Waals surface area contributed by atoms with Crippen LogP contribution >= 0.6 is 11.6 Å². The van der Waals surface area contributed by atoms with E-state index in [1.165, 1.54) is 17.0 Å². The molecule has 0 aromatic heterocycles. The topological polar surface area (TPSA) is 49.8 Å². The number of amides is 1. The van der Waals surface area contributed by atoms with E-state index in [1.54, 1.807) is 20.8 Å². The zero-order valence-corrected chi connectivity index (χ0v) is 15.5. The first-order valence-electron chi connectivity index (χ1n) is 8.09. The number of aliphatic hydroxyl groups excluding tert-OH is 1. The molecule has 1 N–H and O–H groups in total. The number of alkyl halides is 3. The summed E-state index contributed by atoms with van der Waals surface area (Å²) in [6.07, 6.45) is -4.77. The average molecular weight is 392 g/mol. The van der Waals surface area contributed by atoms with Gasteiger partial charge in [-0.1, -0.05) is 17.7 Å². The van der Waals surface area contributed by atoms with Gasteiger partial charge < -0.3 is 14.7 Å². The summed E-state index contributed by atoms with van der Waals surface area (Å²) >= 11 is 5.66. The normalized spacial score (nSPS) is 16.1. The van der Waals surface area contributed by atoms with E-state index >= 15 is 0 Å². The predicted octanol–water partition coefficient (Wildman–Crippen LogP) is 4.75. The average Bonchev–Trinajstić information content (AvgIpc) is 2.52. The Labute approximate surface area is 155 Å². The van der Waals surface area contributed by atoms with E-state index in [0.717, 1.165) is 6.07 Å². The number of hydrogen-bond acceptors (Lipinski definition) is 3. The highest BCUT2D eigenvalue weighted by Crippen LogP contribution is 2.38. The van der Waals surface area contributed by atoms with E-state index in [-0.39, 0.29) is 24.7 Å². The molecular formula is C18H21ClF3NO3. The van der Waals surface area contributed by atoms with Crippen molar-refractivity contribution < 1.29 is 27.8 Å². The zero-order valence-electron chi connectivity index (χ0n) is 14.8. The smallest absolute Gasteiger partial charge is 0.417 e. The standard InChI is InChI=1S/C18H21ClF3NO3/c1-17(2,3)26-16(25)23-7-6-13(12(9-23)10-24)11-4-5-15(19)14(8-11)18(20,21)22/h4-5,8,24H,6-7,9-10H2,1-3H3. The summed E-state index contributed by atoms with van der Waals surface area (Å²) in [5.41, 5.74) is -0.157. The van der Waals surface area contributed by atoms with Crippen LogP contribution in [-0.2, 0) is 10.9 Å². The van der Waals surface area contributed by atoms with Gasteiger partial charge in [-0.2, -0.15) is 13.2 Å². The molecule has 0 unspecified atom stereocenters. The summed E-state index contributed by atoms with van der Waals surface area (Å²) in [4.78, 5) is 13.6. The molecule has 144 valence electrons. The Kier molecular flexibility index (Phi) is 5.92. The fraction of sp³-hybridized carbons (Fsp3) is 0.500. The summed E-state index contributed by atoms with van der Waals surface area (Å²) in [5.74, 6) is 0. The summed E-state index contributed by atoms with van der Waals surface area (Å²) in [5, 5.41) is 9.28. The number of ether oxygens (including phenoxy) is 1. The van der Waals surface area contributed by atoms with Crippen molar-refractivity contribution in [3.8, 4) is 0 Å². The highest BCUT2D eigenvalue weighted by Gasteiger charge is 2.34. The Morgan fingerprint density at radius 2 is 1.96 bits per heavy atom. The van der Waals surface area contributed by atoms with Gasteiger partial charge in [0, 0.05) is 13.1 Å². The first kappa shape index (κ1) is 20.6. The number of benzene rings is 1. The molecule has 0 spiro atoms. The summed E-state index contributed by atoms with van der Waals surface area (Å²) in [7, 11) is 0. The molecule has 26 heavy (non-hydrogen) atoms. The van der Waals surface area contributed by atoms with Crippen LogP contribution < -0.4 is 0 Å². The molecular weight excluding hydrogens is 371 g/mol. The van der Waals surface area contributed by atoms with Crippen molar-refractivity contribution in [3.05, 3.63) is 39.9 Å². The fourth-order valence-electron chi connectivity index (χ4n) is 2.73. The van der Waals surface area contributed by atoms with Crippen LogP contribution in [0, 0.1) is 0 Å². The van der Waals surface area contributed by atoms with Gasteiger partial charge in [-0.15, -0.1) is 0 Å². The molecule has 1 aromatic rings. The number of carbonyl (C=O) groups is 1. The van der Waals surface area contributed by atoms with Crippen molar-refractivity contribution in [2.24, 2.45) is 0 Å². The summed E-state index contributed by atoms with van der Waals surface area (Å²) in [6.45, 7) is 5.27. The maximum absolute atomic E-state index is 13.1. The molecule has 1 amide bonds. The highest BCUT2D eigenvalue weighted by molar-refractivity contribution is 6.31. The van der Waals surface area contributed by atoms with Gasteiger partial charge in [-0.25, -0.2) is 4.79 Å². The van der Waals surface area contributed by atoms with Crippen LogP contribution in [0.15, 0.2) is 23.8 Å². The van der Waals surface area contributed by atoms with Gasteiger partial charge in [0.25, 0.3) is 0 Å². The third-order valence-electron chi connectivity index (χ3n) is 3.90. The van der Waals surface area contributed by atoms with E-state index in [0.29, 0.717) is 23.1 Å². The van der Waals surface area contributed by atoms with Gasteiger partial charge in [0.2, 0.25) is 0 Å². The molecule has 1 heterocycles. The second kappa shape index (κ2) is 7.48. The SMILES string of the molecule is CC(C)(C)OC(=O)N1CCC(c2ccc(Cl)c(C(F)(F)F)c2)=C(CO)C1. The molecule has 0 saturated carbocycles. The maximum atomic E-state index is 13.1. The molecule has 0 bridgehead atoms. The van der Waals surface area contributed by atoms with E-state index in [9.17, 15) is 23.1 Å². The predicted molar refractivity (Wildman–Crippen MR) is 92.9 cm³/mol. The quantitative estimate of drug-likeness (QED) is 0.791. The molecule has 1 aromatic carbocycles. The van der Waals surface area contributed by atoms with E-state index in [4.69, 9.17) is 16.3 Å². The number of carbonyl (C=O) groups excluding carboxylic acids is 1. The number of nitrogens with zero attached hydrogens (tertiary/aromatic N) is 1. The van der Waals surface area contributed by atoms with Gasteiger partial charge >= 0.3 is 12.3 Å². The molecule has 8 heteroatoms. The number of aliphatic hydroxyl groups is 1. The van der Waals surface area contributed by atoms with E-state index in [1.807, 2.05) is 0 Å². The van der Waals surface area contributed by atoms with Gasteiger partial charge in [0.1, 0.15) is 5.60 Å². The minimum Gasteiger partial charge on any atom is -0.444 e. The molecule has 0 atom stereocenters. The maximum Gasteiger partial charge on any atom is 0.417 e. The lowest BCUT2D eigenvalue weighted by Crippen LogP contribution is -2.41. The second-order valence-electron chi connectivity index (χ2n) is 7.08. The molecule has 0 aliphatic carbocycles. The molecule has 1 aliphatic heterocycles. The molecule has 0 fully saturated rings. The van der Waals surface area contributed by atoms with Gasteiger partial charge in [-0.3, -0.25) is 0 Å². The van der Waals surface area contributed by atoms with Crippen LogP contribution in [0.25, 0.3) is 5.57 Å². The summed E-state index contributed by atoms with van der Waals surface area (Å²) in [6, 6.07) is 3.67. The second-order valence-corrected chi connectivity index (χ2v) is 7.49. The lowest BCUT2D eigenvalue weighted by Gasteiger charge is -2.32. The molecule has 2 rings (SSSR count). The van der Waals surface area contributed by atoms with Crippen LogP contribution in [0.1, 0.15) is 38.3 Å². The lowest BCUT2D eigenvalue weighted by molar-refractivity contribution is -0.137. The number of rotatable bonds is 2. The Hall–Kier alpha value is -1.73. The van der Waals surface area contributed by atoms with Crippen LogP contribution in [0.5, 0.6) is 0 Å². The zero-order chi connectivity index (χ0) is 19.7. The fourth-order valence-corrected chi connectivity index (χ4v) is 2.96. The summed E-state index contributed by atoms with van der Waals surface area (Å²) < 4.78 is 44.6. The first-order valence-corrected chi connectivity index (χ1v) is 8.47. The van der Waals surface area contributed by atoms with Crippen molar-refractivity contribution in [2.45, 2.75) is 39.0 Å². The van der Waals surface area contributed by atoms with Crippen LogP contribution in [-0.4, -0.2) is 41.4 Å². The monoisotopic (exact) mass is 391 g/mol. The number of hydrogen-bond donors (Lipinski definition) is 1. The van der Waals surface area contributed by atoms with E-state index < -0.39 is 23.4 Å². The Bertz CT molecular complexity index is 723. The minimum atomic E-state index is -4.57. The van der Waals surface area contributed by atoms with Crippen molar-refractivity contribution in [1.82, 2.24) is 4.90 Å². The Balaban J connectivity index is 2.31. The van der Waals surface area contributed by atoms with Crippen LogP contribution in [0.2, 0.25) is 5.02 Å². The Morgan fingerprint density at radius 3 is 2.50 bits per heavy atom. The Morgan fingerprint density at radius 1 is 1.31 bits per heavy atom. The lowest BCUT2D eigenvalue weighted by atomic mass is 9.92. The van der Waals surface area contributed by atoms with Gasteiger partial charge in [0.05, 0.1) is 17.2 Å². The third-order valence-corrected chi connectivity index (χ3v) is 4.23. The molecule has 0 saturated heterocycles. The van der Waals surface area contributed by atoms with Crippen molar-refractivity contribution >= 4 is 23.3 Å². The minimum absolute atomic E-state index is 0.102. The van der Waals surface area contributed by atoms with E-state index in [2.05, 4.69) is 0 Å². The number of halogens is 4. The molecule has 1 aliphatic rings. The van der Waals surface area contributed by atoms with Crippen LogP contribution in [0.4, 0.5) is 18.0 Å². The van der Waals surface area contributed by atoms with Crippen LogP contribution in [0.3, 0.4) is 0 Å². The van der Waals surface area contributed by atoms with Crippen molar-refractivity contribution in [2.75, 3.05) is 19.7 Å². The van der Waals surface area contributed by atoms with Gasteiger partial charge in [0.15, 0.2) is 0 Å². The van der Waals surface area contributed by atoms with Gasteiger partial charge in [-0.05, 0) is 56.0 Å². The molecule has 0 radical (unpaired) electrons.